The Morgan fingerprint density at radius 1 is 1.41 bits per heavy atom. The Bertz CT molecular complexity index is 345. The first-order valence-electron chi connectivity index (χ1n) is 6.59. The van der Waals surface area contributed by atoms with Crippen LogP contribution in [0.5, 0.6) is 0 Å². The Morgan fingerprint density at radius 3 is 2.82 bits per heavy atom. The highest BCUT2D eigenvalue weighted by Gasteiger charge is 2.19. The summed E-state index contributed by atoms with van der Waals surface area (Å²) in [6.45, 7) is 4.53. The fraction of sp³-hybridized carbons (Fsp3) is 0.692. The molecule has 1 N–H and O–H groups in total. The molecule has 0 aliphatic carbocycles. The molecule has 4 nitrogen and oxygen atoms in total. The molecule has 0 spiro atoms. The van der Waals surface area contributed by atoms with E-state index in [1.807, 2.05) is 19.3 Å². The topological polar surface area (TPSA) is 41.1 Å². The van der Waals surface area contributed by atoms with E-state index in [1.165, 1.54) is 25.7 Å². The lowest BCUT2D eigenvalue weighted by Gasteiger charge is -2.32. The van der Waals surface area contributed by atoms with Gasteiger partial charge in [-0.15, -0.1) is 0 Å². The van der Waals surface area contributed by atoms with Crippen molar-refractivity contribution in [2.24, 2.45) is 5.92 Å². The summed E-state index contributed by atoms with van der Waals surface area (Å²) in [5.41, 5.74) is 0. The molecule has 1 aromatic heterocycles. The van der Waals surface area contributed by atoms with E-state index in [4.69, 9.17) is 0 Å². The van der Waals surface area contributed by atoms with Gasteiger partial charge in [0.25, 0.3) is 0 Å². The number of aromatic nitrogens is 2. The molecule has 0 bridgehead atoms. The molecule has 17 heavy (non-hydrogen) atoms. The largest absolute Gasteiger partial charge is 0.357 e. The van der Waals surface area contributed by atoms with Gasteiger partial charge in [0.05, 0.1) is 0 Å². The molecule has 0 radical (unpaired) electrons. The summed E-state index contributed by atoms with van der Waals surface area (Å²) in [7, 11) is 1.85. The summed E-state index contributed by atoms with van der Waals surface area (Å²) in [5, 5.41) is 2.99. The Balaban J connectivity index is 1.95. The summed E-state index contributed by atoms with van der Waals surface area (Å²) in [5.74, 6) is 2.68. The second-order valence-corrected chi connectivity index (χ2v) is 4.71. The minimum absolute atomic E-state index is 0.707. The van der Waals surface area contributed by atoms with Gasteiger partial charge in [-0.3, -0.25) is 0 Å². The lowest BCUT2D eigenvalue weighted by Crippen LogP contribution is -2.34. The molecule has 1 aromatic rings. The van der Waals surface area contributed by atoms with E-state index in [0.717, 1.165) is 24.8 Å². The van der Waals surface area contributed by atoms with Crippen LogP contribution >= 0.6 is 0 Å². The Labute approximate surface area is 103 Å². The highest BCUT2D eigenvalue weighted by molar-refractivity contribution is 5.42. The molecule has 1 saturated heterocycles. The Hall–Kier alpha value is -1.32. The van der Waals surface area contributed by atoms with E-state index in [2.05, 4.69) is 27.1 Å². The fourth-order valence-corrected chi connectivity index (χ4v) is 2.50. The van der Waals surface area contributed by atoms with Gasteiger partial charge in [-0.1, -0.05) is 19.8 Å². The van der Waals surface area contributed by atoms with Crippen molar-refractivity contribution in [3.8, 4) is 0 Å². The van der Waals surface area contributed by atoms with Gasteiger partial charge in [0.1, 0.15) is 5.82 Å². The Morgan fingerprint density at radius 2 is 2.18 bits per heavy atom. The van der Waals surface area contributed by atoms with Crippen molar-refractivity contribution in [2.75, 3.05) is 30.4 Å². The van der Waals surface area contributed by atoms with E-state index >= 15 is 0 Å². The first-order valence-corrected chi connectivity index (χ1v) is 6.59. The third-order valence-corrected chi connectivity index (χ3v) is 3.50. The van der Waals surface area contributed by atoms with E-state index in [1.54, 1.807) is 0 Å². The quantitative estimate of drug-likeness (QED) is 0.869. The zero-order valence-corrected chi connectivity index (χ0v) is 10.8. The van der Waals surface area contributed by atoms with Crippen molar-refractivity contribution in [1.82, 2.24) is 9.97 Å². The second-order valence-electron chi connectivity index (χ2n) is 4.71. The zero-order chi connectivity index (χ0) is 12.1. The van der Waals surface area contributed by atoms with Gasteiger partial charge < -0.3 is 10.2 Å². The van der Waals surface area contributed by atoms with Crippen LogP contribution in [0.4, 0.5) is 11.8 Å². The molecule has 0 aromatic carbocycles. The predicted octanol–water partition coefficient (Wildman–Crippen LogP) is 2.53. The van der Waals surface area contributed by atoms with Gasteiger partial charge >= 0.3 is 0 Å². The maximum absolute atomic E-state index is 4.49. The SMILES string of the molecule is CCCC1CCN(c2ccnc(NC)n2)CC1. The maximum Gasteiger partial charge on any atom is 0.224 e. The van der Waals surface area contributed by atoms with Crippen LogP contribution in [0.15, 0.2) is 12.3 Å². The van der Waals surface area contributed by atoms with Crippen molar-refractivity contribution < 1.29 is 0 Å². The number of rotatable bonds is 4. The van der Waals surface area contributed by atoms with Crippen molar-refractivity contribution in [3.63, 3.8) is 0 Å². The molecule has 4 heteroatoms. The number of hydrogen-bond donors (Lipinski definition) is 1. The van der Waals surface area contributed by atoms with Crippen LogP contribution in [0.2, 0.25) is 0 Å². The molecule has 94 valence electrons. The number of piperidine rings is 1. The van der Waals surface area contributed by atoms with Crippen molar-refractivity contribution >= 4 is 11.8 Å². The summed E-state index contributed by atoms with van der Waals surface area (Å²) in [6, 6.07) is 2.00. The molecule has 0 saturated carbocycles. The first kappa shape index (κ1) is 12.1. The first-order chi connectivity index (χ1) is 8.33. The van der Waals surface area contributed by atoms with Crippen LogP contribution in [0.1, 0.15) is 32.6 Å². The third-order valence-electron chi connectivity index (χ3n) is 3.50. The van der Waals surface area contributed by atoms with Gasteiger partial charge in [-0.05, 0) is 24.8 Å². The molecule has 2 heterocycles. The molecule has 1 aliphatic heterocycles. The van der Waals surface area contributed by atoms with Crippen molar-refractivity contribution in [3.05, 3.63) is 12.3 Å². The normalized spacial score (nSPS) is 17.2. The average molecular weight is 234 g/mol. The van der Waals surface area contributed by atoms with Gasteiger partial charge in [-0.25, -0.2) is 4.98 Å². The zero-order valence-electron chi connectivity index (χ0n) is 10.8. The van der Waals surface area contributed by atoms with Crippen LogP contribution in [-0.2, 0) is 0 Å². The van der Waals surface area contributed by atoms with Gasteiger partial charge in [0.15, 0.2) is 0 Å². The highest BCUT2D eigenvalue weighted by Crippen LogP contribution is 2.24. The Kier molecular flexibility index (Phi) is 4.18. The van der Waals surface area contributed by atoms with E-state index in [-0.39, 0.29) is 0 Å². The molecule has 2 rings (SSSR count). The number of nitrogens with zero attached hydrogens (tertiary/aromatic N) is 3. The highest BCUT2D eigenvalue weighted by atomic mass is 15.2. The standard InChI is InChI=1S/C13H22N4/c1-3-4-11-6-9-17(10-7-11)12-5-8-15-13(14-2)16-12/h5,8,11H,3-4,6-7,9-10H2,1-2H3,(H,14,15,16). The lowest BCUT2D eigenvalue weighted by atomic mass is 9.92. The third kappa shape index (κ3) is 3.08. The van der Waals surface area contributed by atoms with Crippen LogP contribution in [0.25, 0.3) is 0 Å². The predicted molar refractivity (Wildman–Crippen MR) is 71.4 cm³/mol. The van der Waals surface area contributed by atoms with Gasteiger partial charge in [-0.2, -0.15) is 4.98 Å². The van der Waals surface area contributed by atoms with E-state index in [9.17, 15) is 0 Å². The molecular formula is C13H22N4. The maximum atomic E-state index is 4.49. The summed E-state index contributed by atoms with van der Waals surface area (Å²) in [4.78, 5) is 11.0. The van der Waals surface area contributed by atoms with Crippen LogP contribution < -0.4 is 10.2 Å². The second kappa shape index (κ2) is 5.84. The summed E-state index contributed by atoms with van der Waals surface area (Å²) >= 11 is 0. The molecule has 0 amide bonds. The van der Waals surface area contributed by atoms with Gasteiger partial charge in [0.2, 0.25) is 5.95 Å². The van der Waals surface area contributed by atoms with Crippen LogP contribution in [-0.4, -0.2) is 30.1 Å². The number of hydrogen-bond acceptors (Lipinski definition) is 4. The molecule has 0 unspecified atom stereocenters. The van der Waals surface area contributed by atoms with E-state index < -0.39 is 0 Å². The smallest absolute Gasteiger partial charge is 0.224 e. The van der Waals surface area contributed by atoms with Crippen LogP contribution in [0.3, 0.4) is 0 Å². The summed E-state index contributed by atoms with van der Waals surface area (Å²) in [6.07, 6.45) is 7.10. The fourth-order valence-electron chi connectivity index (χ4n) is 2.50. The minimum Gasteiger partial charge on any atom is -0.357 e. The van der Waals surface area contributed by atoms with E-state index in [0.29, 0.717) is 5.95 Å². The van der Waals surface area contributed by atoms with Crippen molar-refractivity contribution in [2.45, 2.75) is 32.6 Å². The lowest BCUT2D eigenvalue weighted by molar-refractivity contribution is 0.377. The minimum atomic E-state index is 0.707. The van der Waals surface area contributed by atoms with Crippen LogP contribution in [0, 0.1) is 5.92 Å². The molecule has 1 aliphatic rings. The number of nitrogens with one attached hydrogen (secondary N) is 1. The number of anilines is 2. The monoisotopic (exact) mass is 234 g/mol. The molecule has 1 fully saturated rings. The molecular weight excluding hydrogens is 212 g/mol. The van der Waals surface area contributed by atoms with Crippen molar-refractivity contribution in [1.29, 1.82) is 0 Å². The molecule has 0 atom stereocenters. The van der Waals surface area contributed by atoms with Gasteiger partial charge in [0, 0.05) is 26.3 Å². The average Bonchev–Trinajstić information content (AvgIpc) is 2.40. The summed E-state index contributed by atoms with van der Waals surface area (Å²) < 4.78 is 0.